The van der Waals surface area contributed by atoms with Gasteiger partial charge >= 0.3 is 0 Å². The number of carbonyl (C=O) groups excluding carboxylic acids is 1. The van der Waals surface area contributed by atoms with Crippen LogP contribution in [0.1, 0.15) is 11.1 Å². The molecule has 1 amide bonds. The van der Waals surface area contributed by atoms with Crippen molar-refractivity contribution in [2.75, 3.05) is 10.7 Å². The molecule has 1 aromatic heterocycles. The van der Waals surface area contributed by atoms with E-state index in [2.05, 4.69) is 20.7 Å². The number of sulfonamides is 1. The Morgan fingerprint density at radius 1 is 0.973 bits per heavy atom. The lowest BCUT2D eigenvalue weighted by atomic mass is 10.2. The number of nitrogens with two attached hydrogens (primary N) is 1. The topological polar surface area (TPSA) is 130 Å². The van der Waals surface area contributed by atoms with Gasteiger partial charge in [0.2, 0.25) is 10.0 Å². The molecule has 186 valence electrons. The van der Waals surface area contributed by atoms with Crippen LogP contribution < -0.4 is 15.9 Å². The first-order valence-corrected chi connectivity index (χ1v) is 13.6. The molecule has 0 bridgehead atoms. The van der Waals surface area contributed by atoms with Crippen molar-refractivity contribution in [1.82, 2.24) is 9.99 Å². The van der Waals surface area contributed by atoms with Gasteiger partial charge < -0.3 is 5.32 Å². The van der Waals surface area contributed by atoms with E-state index in [1.165, 1.54) is 28.5 Å². The fraction of sp³-hybridized carbons (Fsp3) is 0. The van der Waals surface area contributed by atoms with E-state index in [0.29, 0.717) is 27.5 Å². The summed E-state index contributed by atoms with van der Waals surface area (Å²) in [6, 6.07) is 22.5. The van der Waals surface area contributed by atoms with Gasteiger partial charge in [0.05, 0.1) is 4.90 Å². The molecule has 0 unspecified atom stereocenters. The minimum Gasteiger partial charge on any atom is -0.331 e. The Labute approximate surface area is 222 Å². The standard InChI is InChI=1S/C25H19ClN6O3S2/c26-18-8-6-16(7-9-18)14-21-24(33)32(23(29-21)17-4-2-1-3-5-17)31-22-15-36-25(30-22)28-19-10-12-20(13-11-19)37(27,34)35/h1-15,31H,(H,28,30)(H2,27,34,35)/b21-14-. The smallest absolute Gasteiger partial charge is 0.297 e. The summed E-state index contributed by atoms with van der Waals surface area (Å²) in [5, 5.41) is 12.5. The summed E-state index contributed by atoms with van der Waals surface area (Å²) in [7, 11) is -3.77. The number of primary sulfonamides is 1. The van der Waals surface area contributed by atoms with Gasteiger partial charge in [0.1, 0.15) is 5.70 Å². The van der Waals surface area contributed by atoms with Gasteiger partial charge in [-0.1, -0.05) is 54.1 Å². The molecule has 1 aliphatic heterocycles. The second-order valence-corrected chi connectivity index (χ2v) is 10.7. The number of nitrogens with zero attached hydrogens (tertiary/aromatic N) is 3. The van der Waals surface area contributed by atoms with E-state index < -0.39 is 10.0 Å². The van der Waals surface area contributed by atoms with Crippen LogP contribution in [0.3, 0.4) is 0 Å². The van der Waals surface area contributed by atoms with E-state index in [9.17, 15) is 13.2 Å². The monoisotopic (exact) mass is 550 g/mol. The normalized spacial score (nSPS) is 14.6. The molecule has 0 spiro atoms. The van der Waals surface area contributed by atoms with Crippen LogP contribution >= 0.6 is 22.9 Å². The fourth-order valence-corrected chi connectivity index (χ4v) is 4.76. The molecule has 0 saturated carbocycles. The highest BCUT2D eigenvalue weighted by Crippen LogP contribution is 2.27. The Hall–Kier alpha value is -4.03. The lowest BCUT2D eigenvalue weighted by Gasteiger charge is -2.18. The Bertz CT molecular complexity index is 1620. The molecule has 0 atom stereocenters. The van der Waals surface area contributed by atoms with Crippen molar-refractivity contribution in [3.05, 3.63) is 106 Å². The number of rotatable bonds is 7. The molecular formula is C25H19ClN6O3S2. The zero-order valence-electron chi connectivity index (χ0n) is 19.0. The maximum Gasteiger partial charge on any atom is 0.297 e. The van der Waals surface area contributed by atoms with E-state index in [0.717, 1.165) is 11.1 Å². The van der Waals surface area contributed by atoms with E-state index in [1.807, 2.05) is 42.5 Å². The van der Waals surface area contributed by atoms with Crippen LogP contribution in [0, 0.1) is 0 Å². The molecule has 0 radical (unpaired) electrons. The molecular weight excluding hydrogens is 532 g/mol. The van der Waals surface area contributed by atoms with Gasteiger partial charge in [-0.3, -0.25) is 10.2 Å². The highest BCUT2D eigenvalue weighted by Gasteiger charge is 2.32. The summed E-state index contributed by atoms with van der Waals surface area (Å²) < 4.78 is 22.9. The third-order valence-corrected chi connectivity index (χ3v) is 7.17. The zero-order chi connectivity index (χ0) is 26.0. The average Bonchev–Trinajstić information content (AvgIpc) is 3.45. The molecule has 12 heteroatoms. The molecule has 9 nitrogen and oxygen atoms in total. The van der Waals surface area contributed by atoms with Crippen LogP contribution in [0.15, 0.2) is 99.8 Å². The van der Waals surface area contributed by atoms with Gasteiger partial charge in [0.25, 0.3) is 5.91 Å². The van der Waals surface area contributed by atoms with E-state index in [1.54, 1.807) is 35.7 Å². The second-order valence-electron chi connectivity index (χ2n) is 7.87. The van der Waals surface area contributed by atoms with Crippen molar-refractivity contribution in [2.45, 2.75) is 4.90 Å². The third kappa shape index (κ3) is 5.70. The number of hydrazine groups is 1. The molecule has 0 fully saturated rings. The van der Waals surface area contributed by atoms with Crippen LogP contribution in [-0.2, 0) is 14.8 Å². The quantitative estimate of drug-likeness (QED) is 0.282. The average molecular weight is 551 g/mol. The SMILES string of the molecule is NS(=O)(=O)c1ccc(Nc2nc(NN3C(=O)/C(=C/c4ccc(Cl)cc4)N=C3c3ccccc3)cs2)cc1. The summed E-state index contributed by atoms with van der Waals surface area (Å²) >= 11 is 7.29. The first-order chi connectivity index (χ1) is 17.8. The van der Waals surface area contributed by atoms with Crippen molar-refractivity contribution in [3.63, 3.8) is 0 Å². The number of aliphatic imine (C=N–C) groups is 1. The van der Waals surface area contributed by atoms with Crippen molar-refractivity contribution in [3.8, 4) is 0 Å². The number of nitrogens with one attached hydrogen (secondary N) is 2. The maximum atomic E-state index is 13.3. The van der Waals surface area contributed by atoms with Gasteiger partial charge in [0, 0.05) is 21.7 Å². The molecule has 1 aliphatic rings. The summed E-state index contributed by atoms with van der Waals surface area (Å²) in [6.45, 7) is 0. The highest BCUT2D eigenvalue weighted by molar-refractivity contribution is 7.89. The number of amidine groups is 1. The van der Waals surface area contributed by atoms with E-state index in [4.69, 9.17) is 16.7 Å². The number of anilines is 3. The van der Waals surface area contributed by atoms with Crippen molar-refractivity contribution >= 4 is 67.4 Å². The van der Waals surface area contributed by atoms with Crippen LogP contribution in [0.4, 0.5) is 16.6 Å². The van der Waals surface area contributed by atoms with Gasteiger partial charge in [-0.2, -0.15) is 5.01 Å². The third-order valence-electron chi connectivity index (χ3n) is 5.23. The molecule has 2 heterocycles. The number of thiazole rings is 1. The summed E-state index contributed by atoms with van der Waals surface area (Å²) in [5.74, 6) is 0.528. The molecule has 0 saturated heterocycles. The number of carbonyl (C=O) groups is 1. The summed E-state index contributed by atoms with van der Waals surface area (Å²) in [6.07, 6.45) is 1.70. The number of aromatic nitrogens is 1. The largest absolute Gasteiger partial charge is 0.331 e. The maximum absolute atomic E-state index is 13.3. The minimum absolute atomic E-state index is 0.0160. The molecule has 4 N–H and O–H groups in total. The minimum atomic E-state index is -3.77. The molecule has 37 heavy (non-hydrogen) atoms. The zero-order valence-corrected chi connectivity index (χ0v) is 21.4. The Morgan fingerprint density at radius 2 is 1.68 bits per heavy atom. The second kappa shape index (κ2) is 10.1. The number of hydrogen-bond donors (Lipinski definition) is 3. The lowest BCUT2D eigenvalue weighted by molar-refractivity contribution is -0.121. The van der Waals surface area contributed by atoms with Gasteiger partial charge in [0.15, 0.2) is 16.8 Å². The van der Waals surface area contributed by atoms with E-state index >= 15 is 0 Å². The van der Waals surface area contributed by atoms with Gasteiger partial charge in [-0.05, 0) is 48.0 Å². The Morgan fingerprint density at radius 3 is 2.35 bits per heavy atom. The van der Waals surface area contributed by atoms with Crippen molar-refractivity contribution in [1.29, 1.82) is 0 Å². The molecule has 5 rings (SSSR count). The van der Waals surface area contributed by atoms with Crippen LogP contribution in [0.5, 0.6) is 0 Å². The number of benzene rings is 3. The molecule has 4 aromatic rings. The predicted molar refractivity (Wildman–Crippen MR) is 146 cm³/mol. The predicted octanol–water partition coefficient (Wildman–Crippen LogP) is 4.84. The number of halogens is 1. The molecule has 0 aliphatic carbocycles. The molecule has 3 aromatic carbocycles. The Balaban J connectivity index is 1.38. The highest BCUT2D eigenvalue weighted by atomic mass is 35.5. The van der Waals surface area contributed by atoms with Crippen LogP contribution in [0.25, 0.3) is 6.08 Å². The Kier molecular flexibility index (Phi) is 6.76. The fourth-order valence-electron chi connectivity index (χ4n) is 3.47. The van der Waals surface area contributed by atoms with Gasteiger partial charge in [-0.25, -0.2) is 23.5 Å². The summed E-state index contributed by atoms with van der Waals surface area (Å²) in [5.41, 5.74) is 5.49. The number of hydrogen-bond acceptors (Lipinski definition) is 8. The number of amides is 1. The summed E-state index contributed by atoms with van der Waals surface area (Å²) in [4.78, 5) is 22.4. The van der Waals surface area contributed by atoms with Crippen molar-refractivity contribution in [2.24, 2.45) is 10.1 Å². The van der Waals surface area contributed by atoms with Crippen molar-refractivity contribution < 1.29 is 13.2 Å². The van der Waals surface area contributed by atoms with Crippen LogP contribution in [-0.4, -0.2) is 30.2 Å². The van der Waals surface area contributed by atoms with Crippen LogP contribution in [0.2, 0.25) is 5.02 Å². The van der Waals surface area contributed by atoms with E-state index in [-0.39, 0.29) is 16.5 Å². The first-order valence-electron chi connectivity index (χ1n) is 10.8. The lowest BCUT2D eigenvalue weighted by Crippen LogP contribution is -2.38. The van der Waals surface area contributed by atoms with Gasteiger partial charge in [-0.15, -0.1) is 11.3 Å². The first kappa shape index (κ1) is 24.7.